The Morgan fingerprint density at radius 1 is 1.04 bits per heavy atom. The second-order valence-electron chi connectivity index (χ2n) is 5.41. The summed E-state index contributed by atoms with van der Waals surface area (Å²) < 4.78 is 41.0. The molecule has 0 fully saturated rings. The molecule has 3 aromatic carbocycles. The maximum atomic E-state index is 13.9. The lowest BCUT2D eigenvalue weighted by atomic mass is 10.1. The first-order chi connectivity index (χ1) is 11.9. The Hall–Kier alpha value is -2.77. The minimum Gasteiger partial charge on any atom is -0.478 e. The number of carboxylic acid groups (broad SMARTS) is 1. The Kier molecular flexibility index (Phi) is 4.52. The normalized spacial score (nSPS) is 11.6. The van der Waals surface area contributed by atoms with Crippen LogP contribution in [0.5, 0.6) is 0 Å². The number of nitrogens with one attached hydrogen (secondary N) is 1. The van der Waals surface area contributed by atoms with Gasteiger partial charge in [0.15, 0.2) is 0 Å². The summed E-state index contributed by atoms with van der Waals surface area (Å²) in [6, 6.07) is 15.6. The Labute approximate surface area is 143 Å². The van der Waals surface area contributed by atoms with E-state index in [0.29, 0.717) is 0 Å². The van der Waals surface area contributed by atoms with Gasteiger partial charge < -0.3 is 5.11 Å². The van der Waals surface area contributed by atoms with Crippen LogP contribution < -0.4 is 4.72 Å². The number of carbonyl (C=O) groups is 1. The zero-order valence-electron chi connectivity index (χ0n) is 12.9. The van der Waals surface area contributed by atoms with Crippen molar-refractivity contribution in [3.63, 3.8) is 0 Å². The summed E-state index contributed by atoms with van der Waals surface area (Å²) in [5, 5.41) is 10.8. The molecule has 0 saturated heterocycles. The number of aromatic carboxylic acids is 1. The number of hydrogen-bond donors (Lipinski definition) is 2. The molecule has 0 bridgehead atoms. The van der Waals surface area contributed by atoms with Gasteiger partial charge in [-0.25, -0.2) is 22.3 Å². The van der Waals surface area contributed by atoms with Gasteiger partial charge in [0.05, 0.1) is 5.56 Å². The van der Waals surface area contributed by atoms with Crippen molar-refractivity contribution in [1.29, 1.82) is 0 Å². The maximum Gasteiger partial charge on any atom is 0.335 e. The van der Waals surface area contributed by atoms with Gasteiger partial charge in [0.25, 0.3) is 0 Å². The van der Waals surface area contributed by atoms with Gasteiger partial charge in [-0.15, -0.1) is 0 Å². The molecule has 0 aliphatic rings. The van der Waals surface area contributed by atoms with Crippen LogP contribution in [-0.4, -0.2) is 19.5 Å². The summed E-state index contributed by atoms with van der Waals surface area (Å²) in [4.78, 5) is 10.3. The van der Waals surface area contributed by atoms with Crippen LogP contribution in [-0.2, 0) is 16.6 Å². The highest BCUT2D eigenvalue weighted by Crippen LogP contribution is 2.20. The number of hydrogen-bond acceptors (Lipinski definition) is 3. The Bertz CT molecular complexity index is 1060. The molecule has 0 spiro atoms. The molecule has 0 saturated carbocycles. The predicted octanol–water partition coefficient (Wildman–Crippen LogP) is 3.16. The van der Waals surface area contributed by atoms with Gasteiger partial charge in [-0.1, -0.05) is 42.5 Å². The van der Waals surface area contributed by atoms with Crippen molar-refractivity contribution >= 4 is 26.8 Å². The van der Waals surface area contributed by atoms with E-state index >= 15 is 0 Å². The number of carboxylic acids is 1. The van der Waals surface area contributed by atoms with Crippen LogP contribution in [0.25, 0.3) is 10.8 Å². The molecule has 0 amide bonds. The number of fused-ring (bicyclic) bond motifs is 1. The first-order valence-corrected chi connectivity index (χ1v) is 8.86. The van der Waals surface area contributed by atoms with Gasteiger partial charge >= 0.3 is 5.97 Å². The zero-order valence-corrected chi connectivity index (χ0v) is 13.8. The molecule has 0 aliphatic carbocycles. The third-order valence-electron chi connectivity index (χ3n) is 3.80. The molecule has 5 nitrogen and oxygen atoms in total. The quantitative estimate of drug-likeness (QED) is 0.733. The van der Waals surface area contributed by atoms with Gasteiger partial charge in [-0.3, -0.25) is 0 Å². The Morgan fingerprint density at radius 2 is 1.76 bits per heavy atom. The van der Waals surface area contributed by atoms with Gasteiger partial charge in [0.1, 0.15) is 10.7 Å². The molecular weight excluding hydrogens is 345 g/mol. The van der Waals surface area contributed by atoms with Crippen molar-refractivity contribution in [3.05, 3.63) is 77.6 Å². The number of halogens is 1. The van der Waals surface area contributed by atoms with Crippen molar-refractivity contribution in [2.45, 2.75) is 11.4 Å². The number of benzene rings is 3. The van der Waals surface area contributed by atoms with E-state index in [2.05, 4.69) is 4.72 Å². The molecular formula is C18H14FNO4S. The molecule has 0 radical (unpaired) electrons. The lowest BCUT2D eigenvalue weighted by molar-refractivity contribution is 0.0696. The van der Waals surface area contributed by atoms with E-state index in [1.54, 1.807) is 12.1 Å². The smallest absolute Gasteiger partial charge is 0.335 e. The highest BCUT2D eigenvalue weighted by Gasteiger charge is 2.21. The minimum absolute atomic E-state index is 0.0412. The average Bonchev–Trinajstić information content (AvgIpc) is 2.60. The predicted molar refractivity (Wildman–Crippen MR) is 91.3 cm³/mol. The summed E-state index contributed by atoms with van der Waals surface area (Å²) in [5.74, 6) is -2.33. The SMILES string of the molecule is O=C(O)c1ccc(F)c(S(=O)(=O)NCc2cccc3ccccc23)c1. The molecule has 128 valence electrons. The Morgan fingerprint density at radius 3 is 2.52 bits per heavy atom. The Balaban J connectivity index is 1.92. The first kappa shape index (κ1) is 17.1. The summed E-state index contributed by atoms with van der Waals surface area (Å²) in [7, 11) is -4.20. The van der Waals surface area contributed by atoms with E-state index in [-0.39, 0.29) is 12.1 Å². The van der Waals surface area contributed by atoms with Gasteiger partial charge in [-0.2, -0.15) is 0 Å². The maximum absolute atomic E-state index is 13.9. The third-order valence-corrected chi connectivity index (χ3v) is 5.22. The van der Waals surface area contributed by atoms with Crippen molar-refractivity contribution in [3.8, 4) is 0 Å². The summed E-state index contributed by atoms with van der Waals surface area (Å²) in [6.45, 7) is -0.0412. The molecule has 25 heavy (non-hydrogen) atoms. The number of rotatable bonds is 5. The largest absolute Gasteiger partial charge is 0.478 e. The minimum atomic E-state index is -4.20. The van der Waals surface area contributed by atoms with E-state index in [9.17, 15) is 17.6 Å². The van der Waals surface area contributed by atoms with Crippen molar-refractivity contribution in [2.75, 3.05) is 0 Å². The second kappa shape index (κ2) is 6.62. The average molecular weight is 359 g/mol. The fourth-order valence-electron chi connectivity index (χ4n) is 2.54. The van der Waals surface area contributed by atoms with E-state index < -0.39 is 26.7 Å². The summed E-state index contributed by atoms with van der Waals surface area (Å²) >= 11 is 0. The second-order valence-corrected chi connectivity index (χ2v) is 7.15. The molecule has 3 rings (SSSR count). The summed E-state index contributed by atoms with van der Waals surface area (Å²) in [5.41, 5.74) is 0.434. The lowest BCUT2D eigenvalue weighted by Crippen LogP contribution is -2.24. The van der Waals surface area contributed by atoms with Crippen LogP contribution in [0.3, 0.4) is 0 Å². The van der Waals surface area contributed by atoms with Gasteiger partial charge in [-0.05, 0) is 34.5 Å². The molecule has 3 aromatic rings. The van der Waals surface area contributed by atoms with Crippen LogP contribution in [0, 0.1) is 5.82 Å². The van der Waals surface area contributed by atoms with Crippen LogP contribution in [0.2, 0.25) is 0 Å². The third kappa shape index (κ3) is 3.52. The molecule has 0 aliphatic heterocycles. The van der Waals surface area contributed by atoms with Crippen LogP contribution >= 0.6 is 0 Å². The van der Waals surface area contributed by atoms with Crippen LogP contribution in [0.15, 0.2) is 65.6 Å². The fraction of sp³-hybridized carbons (Fsp3) is 0.0556. The standard InChI is InChI=1S/C18H14FNO4S/c19-16-9-8-13(18(21)22)10-17(16)25(23,24)20-11-14-6-3-5-12-4-1-2-7-15(12)14/h1-10,20H,11H2,(H,21,22). The van der Waals surface area contributed by atoms with E-state index in [0.717, 1.165) is 34.5 Å². The monoisotopic (exact) mass is 359 g/mol. The van der Waals surface area contributed by atoms with Gasteiger partial charge in [0, 0.05) is 6.54 Å². The lowest BCUT2D eigenvalue weighted by Gasteiger charge is -2.10. The molecule has 0 atom stereocenters. The van der Waals surface area contributed by atoms with E-state index in [1.807, 2.05) is 30.3 Å². The van der Waals surface area contributed by atoms with Crippen molar-refractivity contribution < 1.29 is 22.7 Å². The molecule has 0 heterocycles. The fourth-order valence-corrected chi connectivity index (χ4v) is 3.65. The highest BCUT2D eigenvalue weighted by molar-refractivity contribution is 7.89. The molecule has 7 heteroatoms. The first-order valence-electron chi connectivity index (χ1n) is 7.37. The summed E-state index contributed by atoms with van der Waals surface area (Å²) in [6.07, 6.45) is 0. The van der Waals surface area contributed by atoms with Crippen molar-refractivity contribution in [1.82, 2.24) is 4.72 Å². The van der Waals surface area contributed by atoms with E-state index in [1.165, 1.54) is 0 Å². The molecule has 0 unspecified atom stereocenters. The van der Waals surface area contributed by atoms with Crippen LogP contribution in [0.1, 0.15) is 15.9 Å². The molecule has 0 aromatic heterocycles. The van der Waals surface area contributed by atoms with E-state index in [4.69, 9.17) is 5.11 Å². The molecule has 2 N–H and O–H groups in total. The van der Waals surface area contributed by atoms with Gasteiger partial charge in [0.2, 0.25) is 10.0 Å². The zero-order chi connectivity index (χ0) is 18.0. The van der Waals surface area contributed by atoms with Crippen LogP contribution in [0.4, 0.5) is 4.39 Å². The topological polar surface area (TPSA) is 83.5 Å². The highest BCUT2D eigenvalue weighted by atomic mass is 32.2. The number of sulfonamides is 1. The van der Waals surface area contributed by atoms with Crippen molar-refractivity contribution in [2.24, 2.45) is 0 Å².